The molecule has 2 heteroatoms. The van der Waals surface area contributed by atoms with Crippen molar-refractivity contribution < 1.29 is 9.90 Å². The van der Waals surface area contributed by atoms with Gasteiger partial charge in [-0.1, -0.05) is 125 Å². The van der Waals surface area contributed by atoms with E-state index in [-0.39, 0.29) is 5.78 Å². The monoisotopic (exact) mass is 488 g/mol. The van der Waals surface area contributed by atoms with Gasteiger partial charge in [-0.05, 0) is 57.6 Å². The zero-order chi connectivity index (χ0) is 27.3. The van der Waals surface area contributed by atoms with Crippen LogP contribution in [0.1, 0.15) is 117 Å². The first-order valence-electron chi connectivity index (χ1n) is 13.6. The molecule has 2 aromatic rings. The normalized spacial score (nSPS) is 25.3. The number of Topliss-reactive ketones (excluding diaryl/α,β-unsaturated/α-hetero) is 1. The zero-order valence-electron chi connectivity index (χ0n) is 24.5. The van der Waals surface area contributed by atoms with E-state index in [0.29, 0.717) is 18.3 Å². The van der Waals surface area contributed by atoms with Crippen LogP contribution in [0.15, 0.2) is 54.6 Å². The fourth-order valence-electron chi connectivity index (χ4n) is 5.74. The van der Waals surface area contributed by atoms with Crippen LogP contribution in [0.5, 0.6) is 0 Å². The second kappa shape index (κ2) is 9.60. The second-order valence-electron chi connectivity index (χ2n) is 13.9. The largest absolute Gasteiger partial charge is 0.384 e. The van der Waals surface area contributed by atoms with Gasteiger partial charge >= 0.3 is 0 Å². The van der Waals surface area contributed by atoms with E-state index in [1.807, 2.05) is 26.8 Å². The quantitative estimate of drug-likeness (QED) is 0.457. The Kier molecular flexibility index (Phi) is 7.57. The van der Waals surface area contributed by atoms with Crippen molar-refractivity contribution in [3.63, 3.8) is 0 Å². The third-order valence-corrected chi connectivity index (χ3v) is 8.42. The number of rotatable bonds is 5. The van der Waals surface area contributed by atoms with E-state index < -0.39 is 27.8 Å². The standard InChI is InChI=1S/C34H48O2/c1-22(2)24-12-14-26(15-13-24)27-20-33(11,28-18-16-25(17-19-28)23(3)4)29(30(35)31(5,6)7)34(36,21-27)32(8,9)10/h12-19,21-23,29,36H,20H2,1-11H3. The molecule has 0 bridgehead atoms. The van der Waals surface area contributed by atoms with Gasteiger partial charge in [0.05, 0.1) is 11.5 Å². The predicted molar refractivity (Wildman–Crippen MR) is 153 cm³/mol. The number of hydrogen-bond donors (Lipinski definition) is 1. The highest BCUT2D eigenvalue weighted by Crippen LogP contribution is 2.57. The van der Waals surface area contributed by atoms with E-state index >= 15 is 0 Å². The van der Waals surface area contributed by atoms with Crippen molar-refractivity contribution >= 4 is 11.4 Å². The molecule has 1 aliphatic carbocycles. The second-order valence-corrected chi connectivity index (χ2v) is 13.9. The van der Waals surface area contributed by atoms with Crippen LogP contribution in [0.3, 0.4) is 0 Å². The molecule has 0 saturated carbocycles. The summed E-state index contributed by atoms with van der Waals surface area (Å²) < 4.78 is 0. The first kappa shape index (κ1) is 28.4. The van der Waals surface area contributed by atoms with Crippen molar-refractivity contribution in [2.45, 2.75) is 105 Å². The molecule has 1 N–H and O–H groups in total. The van der Waals surface area contributed by atoms with Crippen LogP contribution < -0.4 is 0 Å². The highest BCUT2D eigenvalue weighted by atomic mass is 16.3. The minimum Gasteiger partial charge on any atom is -0.384 e. The molecule has 0 spiro atoms. The molecule has 0 fully saturated rings. The molecule has 3 atom stereocenters. The van der Waals surface area contributed by atoms with E-state index in [1.54, 1.807) is 0 Å². The van der Waals surface area contributed by atoms with Crippen LogP contribution >= 0.6 is 0 Å². The Hall–Kier alpha value is -2.19. The summed E-state index contributed by atoms with van der Waals surface area (Å²) in [5, 5.41) is 12.6. The first-order valence-corrected chi connectivity index (χ1v) is 13.6. The SMILES string of the molecule is CC(C)c1ccc(C2=CC(O)(C(C)(C)C)C(C(=O)C(C)(C)C)C(C)(c3ccc(C(C)C)cc3)C2)cc1. The average Bonchev–Trinajstić information content (AvgIpc) is 2.77. The van der Waals surface area contributed by atoms with E-state index in [1.165, 1.54) is 11.1 Å². The number of allylic oxidation sites excluding steroid dienone is 1. The fraction of sp³-hybridized carbons (Fsp3) is 0.559. The Morgan fingerprint density at radius 3 is 1.67 bits per heavy atom. The van der Waals surface area contributed by atoms with Gasteiger partial charge in [0.1, 0.15) is 5.78 Å². The maximum atomic E-state index is 14.2. The highest BCUT2D eigenvalue weighted by Gasteiger charge is 2.60. The molecule has 2 nitrogen and oxygen atoms in total. The molecule has 0 aliphatic heterocycles. The molecule has 196 valence electrons. The van der Waals surface area contributed by atoms with Gasteiger partial charge in [-0.25, -0.2) is 0 Å². The Bertz CT molecular complexity index is 1100. The Morgan fingerprint density at radius 2 is 1.28 bits per heavy atom. The lowest BCUT2D eigenvalue weighted by atomic mass is 9.49. The van der Waals surface area contributed by atoms with Gasteiger partial charge in [0.15, 0.2) is 0 Å². The molecule has 0 radical (unpaired) electrons. The van der Waals surface area contributed by atoms with Crippen LogP contribution in [-0.4, -0.2) is 16.5 Å². The minimum absolute atomic E-state index is 0.112. The molecular formula is C34H48O2. The number of hydrogen-bond acceptors (Lipinski definition) is 2. The lowest BCUT2D eigenvalue weighted by molar-refractivity contribution is -0.153. The molecule has 0 amide bonds. The summed E-state index contributed by atoms with van der Waals surface area (Å²) in [6.07, 6.45) is 2.72. The smallest absolute Gasteiger partial charge is 0.145 e. The summed E-state index contributed by atoms with van der Waals surface area (Å²) in [4.78, 5) is 14.2. The maximum absolute atomic E-state index is 14.2. The number of ketones is 1. The Morgan fingerprint density at radius 1 is 0.833 bits per heavy atom. The maximum Gasteiger partial charge on any atom is 0.145 e. The van der Waals surface area contributed by atoms with E-state index in [2.05, 4.69) is 104 Å². The molecule has 3 rings (SSSR count). The molecule has 36 heavy (non-hydrogen) atoms. The number of carbonyl (C=O) groups excluding carboxylic acids is 1. The first-order chi connectivity index (χ1) is 16.4. The van der Waals surface area contributed by atoms with Crippen molar-refractivity contribution in [3.05, 3.63) is 76.9 Å². The van der Waals surface area contributed by atoms with Gasteiger partial charge in [0, 0.05) is 10.8 Å². The summed E-state index contributed by atoms with van der Waals surface area (Å²) in [6, 6.07) is 17.5. The molecule has 0 aromatic heterocycles. The lowest BCUT2D eigenvalue weighted by Gasteiger charge is -2.55. The summed E-state index contributed by atoms with van der Waals surface area (Å²) in [7, 11) is 0. The van der Waals surface area contributed by atoms with Crippen molar-refractivity contribution in [1.29, 1.82) is 0 Å². The van der Waals surface area contributed by atoms with Gasteiger partial charge in [0.2, 0.25) is 0 Å². The van der Waals surface area contributed by atoms with Gasteiger partial charge in [0.25, 0.3) is 0 Å². The molecule has 3 unspecified atom stereocenters. The molecule has 0 saturated heterocycles. The molecular weight excluding hydrogens is 440 g/mol. The topological polar surface area (TPSA) is 37.3 Å². The van der Waals surface area contributed by atoms with Gasteiger partial charge in [-0.15, -0.1) is 0 Å². The number of carbonyl (C=O) groups is 1. The van der Waals surface area contributed by atoms with Crippen molar-refractivity contribution in [3.8, 4) is 0 Å². The number of aliphatic hydroxyl groups is 1. The van der Waals surface area contributed by atoms with E-state index in [4.69, 9.17) is 0 Å². The van der Waals surface area contributed by atoms with Crippen LogP contribution in [0.25, 0.3) is 5.57 Å². The van der Waals surface area contributed by atoms with Crippen molar-refractivity contribution in [2.75, 3.05) is 0 Å². The summed E-state index contributed by atoms with van der Waals surface area (Å²) in [5.74, 6) is 0.436. The van der Waals surface area contributed by atoms with Crippen LogP contribution in [0, 0.1) is 16.7 Å². The fourth-order valence-corrected chi connectivity index (χ4v) is 5.74. The number of benzene rings is 2. The zero-order valence-corrected chi connectivity index (χ0v) is 24.5. The lowest BCUT2D eigenvalue weighted by Crippen LogP contribution is -2.62. The summed E-state index contributed by atoms with van der Waals surface area (Å²) in [6.45, 7) is 23.1. The summed E-state index contributed by atoms with van der Waals surface area (Å²) in [5.41, 5.74) is 2.92. The van der Waals surface area contributed by atoms with Crippen LogP contribution in [0.2, 0.25) is 0 Å². The Labute approximate surface area is 220 Å². The van der Waals surface area contributed by atoms with Crippen LogP contribution in [-0.2, 0) is 10.2 Å². The average molecular weight is 489 g/mol. The highest BCUT2D eigenvalue weighted by molar-refractivity contribution is 5.91. The molecule has 0 heterocycles. The molecule has 1 aliphatic rings. The third-order valence-electron chi connectivity index (χ3n) is 8.42. The minimum atomic E-state index is -1.31. The van der Waals surface area contributed by atoms with Gasteiger partial charge < -0.3 is 5.11 Å². The van der Waals surface area contributed by atoms with E-state index in [9.17, 15) is 9.90 Å². The summed E-state index contributed by atoms with van der Waals surface area (Å²) >= 11 is 0. The van der Waals surface area contributed by atoms with Crippen molar-refractivity contribution in [1.82, 2.24) is 0 Å². The van der Waals surface area contributed by atoms with Crippen LogP contribution in [0.4, 0.5) is 0 Å². The van der Waals surface area contributed by atoms with Gasteiger partial charge in [-0.2, -0.15) is 0 Å². The van der Waals surface area contributed by atoms with Gasteiger partial charge in [-0.3, -0.25) is 4.79 Å². The van der Waals surface area contributed by atoms with Crippen molar-refractivity contribution in [2.24, 2.45) is 16.7 Å². The van der Waals surface area contributed by atoms with E-state index in [0.717, 1.165) is 16.7 Å². The predicted octanol–water partition coefficient (Wildman–Crippen LogP) is 8.69. The third kappa shape index (κ3) is 5.12. The molecule has 2 aromatic carbocycles. The Balaban J connectivity index is 2.30.